The fraction of sp³-hybridized carbons (Fsp3) is 0.400. The summed E-state index contributed by atoms with van der Waals surface area (Å²) in [5.74, 6) is 0.791. The Balaban J connectivity index is 2.32. The third-order valence-electron chi connectivity index (χ3n) is 2.20. The summed E-state index contributed by atoms with van der Waals surface area (Å²) in [5.41, 5.74) is 0. The van der Waals surface area contributed by atoms with Gasteiger partial charge in [0.25, 0.3) is 0 Å². The Bertz CT molecular complexity index is 515. The number of halogens is 1. The van der Waals surface area contributed by atoms with Crippen LogP contribution in [0.5, 0.6) is 0 Å². The van der Waals surface area contributed by atoms with Gasteiger partial charge in [0.1, 0.15) is 6.33 Å². The minimum Gasteiger partial charge on any atom is -0.392 e. The number of nitrogens with zero attached hydrogens (tertiary/aromatic N) is 6. The number of rotatable bonds is 4. The molecule has 0 aliphatic rings. The van der Waals surface area contributed by atoms with Crippen LogP contribution in [0.25, 0.3) is 5.95 Å². The van der Waals surface area contributed by atoms with Gasteiger partial charge >= 0.3 is 0 Å². The number of imidazole rings is 1. The van der Waals surface area contributed by atoms with E-state index in [0.717, 1.165) is 0 Å². The zero-order valence-corrected chi connectivity index (χ0v) is 10.8. The van der Waals surface area contributed by atoms with Crippen LogP contribution in [-0.2, 0) is 0 Å². The molecule has 2 aromatic rings. The molecule has 0 saturated carbocycles. The van der Waals surface area contributed by atoms with Crippen LogP contribution in [0.3, 0.4) is 0 Å². The number of likely N-dealkylation sites (N-methyl/N-ethyl adjacent to an activating group) is 1. The molecule has 0 aliphatic heterocycles. The second-order valence-corrected chi connectivity index (χ2v) is 4.24. The average molecular weight is 269 g/mol. The molecular weight excluding hydrogens is 256 g/mol. The van der Waals surface area contributed by atoms with E-state index in [1.165, 1.54) is 0 Å². The molecular formula is C10H13ClN6O. The maximum absolute atomic E-state index is 9.35. The number of aromatic nitrogens is 5. The zero-order chi connectivity index (χ0) is 13.1. The quantitative estimate of drug-likeness (QED) is 0.871. The highest BCUT2D eigenvalue weighted by molar-refractivity contribution is 6.28. The van der Waals surface area contributed by atoms with Crippen molar-refractivity contribution in [1.29, 1.82) is 0 Å². The molecule has 0 saturated heterocycles. The SMILES string of the molecule is CC(O)CN(C)c1nc(Cl)nc(-n2ccnc2)n1. The minimum atomic E-state index is -0.484. The Labute approximate surface area is 109 Å². The molecule has 2 aromatic heterocycles. The van der Waals surface area contributed by atoms with Crippen molar-refractivity contribution in [2.45, 2.75) is 13.0 Å². The lowest BCUT2D eigenvalue weighted by Gasteiger charge is -2.18. The Kier molecular flexibility index (Phi) is 3.73. The highest BCUT2D eigenvalue weighted by atomic mass is 35.5. The van der Waals surface area contributed by atoms with Gasteiger partial charge in [-0.15, -0.1) is 0 Å². The van der Waals surface area contributed by atoms with Gasteiger partial charge < -0.3 is 10.0 Å². The van der Waals surface area contributed by atoms with E-state index in [1.807, 2.05) is 0 Å². The van der Waals surface area contributed by atoms with E-state index < -0.39 is 6.10 Å². The van der Waals surface area contributed by atoms with E-state index in [-0.39, 0.29) is 5.28 Å². The van der Waals surface area contributed by atoms with Crippen molar-refractivity contribution in [3.8, 4) is 5.95 Å². The van der Waals surface area contributed by atoms with Crippen molar-refractivity contribution in [2.75, 3.05) is 18.5 Å². The second-order valence-electron chi connectivity index (χ2n) is 3.90. The fourth-order valence-corrected chi connectivity index (χ4v) is 1.62. The molecule has 8 heteroatoms. The summed E-state index contributed by atoms with van der Waals surface area (Å²) in [6.07, 6.45) is 4.42. The number of hydrogen-bond acceptors (Lipinski definition) is 6. The molecule has 1 unspecified atom stereocenters. The zero-order valence-electron chi connectivity index (χ0n) is 10.0. The monoisotopic (exact) mass is 268 g/mol. The Morgan fingerprint density at radius 2 is 2.22 bits per heavy atom. The molecule has 1 N–H and O–H groups in total. The maximum Gasteiger partial charge on any atom is 0.241 e. The van der Waals surface area contributed by atoms with Crippen LogP contribution in [0.4, 0.5) is 5.95 Å². The molecule has 0 bridgehead atoms. The normalized spacial score (nSPS) is 12.4. The first-order valence-corrected chi connectivity index (χ1v) is 5.73. The van der Waals surface area contributed by atoms with Crippen LogP contribution in [0.2, 0.25) is 5.28 Å². The van der Waals surface area contributed by atoms with Crippen LogP contribution >= 0.6 is 11.6 Å². The number of aliphatic hydroxyl groups is 1. The molecule has 2 rings (SSSR count). The van der Waals surface area contributed by atoms with Crippen LogP contribution in [0.15, 0.2) is 18.7 Å². The maximum atomic E-state index is 9.35. The van der Waals surface area contributed by atoms with Gasteiger partial charge in [-0.05, 0) is 18.5 Å². The van der Waals surface area contributed by atoms with E-state index >= 15 is 0 Å². The van der Waals surface area contributed by atoms with Crippen molar-refractivity contribution < 1.29 is 5.11 Å². The molecule has 96 valence electrons. The highest BCUT2D eigenvalue weighted by Gasteiger charge is 2.11. The van der Waals surface area contributed by atoms with Gasteiger partial charge in [0, 0.05) is 26.0 Å². The van der Waals surface area contributed by atoms with E-state index in [1.54, 1.807) is 42.2 Å². The van der Waals surface area contributed by atoms with Crippen molar-refractivity contribution in [1.82, 2.24) is 24.5 Å². The topological polar surface area (TPSA) is 80.0 Å². The van der Waals surface area contributed by atoms with Gasteiger partial charge in [0.15, 0.2) is 0 Å². The molecule has 0 spiro atoms. The lowest BCUT2D eigenvalue weighted by molar-refractivity contribution is 0.201. The van der Waals surface area contributed by atoms with Crippen LogP contribution < -0.4 is 4.90 Å². The van der Waals surface area contributed by atoms with Crippen molar-refractivity contribution in [2.24, 2.45) is 0 Å². The summed E-state index contributed by atoms with van der Waals surface area (Å²) in [7, 11) is 1.77. The number of aliphatic hydroxyl groups excluding tert-OH is 1. The molecule has 0 fully saturated rings. The Morgan fingerprint density at radius 3 is 2.83 bits per heavy atom. The van der Waals surface area contributed by atoms with Crippen molar-refractivity contribution in [3.63, 3.8) is 0 Å². The molecule has 2 heterocycles. The molecule has 18 heavy (non-hydrogen) atoms. The average Bonchev–Trinajstić information content (AvgIpc) is 2.80. The second kappa shape index (κ2) is 5.28. The van der Waals surface area contributed by atoms with E-state index in [4.69, 9.17) is 11.6 Å². The Hall–Kier alpha value is -1.73. The first kappa shape index (κ1) is 12.7. The van der Waals surface area contributed by atoms with Gasteiger partial charge in [0.2, 0.25) is 17.2 Å². The summed E-state index contributed by atoms with van der Waals surface area (Å²) in [6.45, 7) is 2.10. The summed E-state index contributed by atoms with van der Waals surface area (Å²) in [6, 6.07) is 0. The molecule has 0 amide bonds. The van der Waals surface area contributed by atoms with Crippen LogP contribution in [-0.4, -0.2) is 49.3 Å². The smallest absolute Gasteiger partial charge is 0.241 e. The van der Waals surface area contributed by atoms with Gasteiger partial charge in [-0.3, -0.25) is 4.57 Å². The third kappa shape index (κ3) is 2.93. The highest BCUT2D eigenvalue weighted by Crippen LogP contribution is 2.12. The van der Waals surface area contributed by atoms with Crippen LogP contribution in [0.1, 0.15) is 6.92 Å². The molecule has 0 radical (unpaired) electrons. The standard InChI is InChI=1S/C10H13ClN6O/c1-7(18)5-16(2)9-13-8(11)14-10(15-9)17-4-3-12-6-17/h3-4,6-7,18H,5H2,1-2H3. The lowest BCUT2D eigenvalue weighted by atomic mass is 10.4. The van der Waals surface area contributed by atoms with Gasteiger partial charge in [-0.1, -0.05) is 0 Å². The summed E-state index contributed by atoms with van der Waals surface area (Å²) in [5, 5.41) is 9.44. The summed E-state index contributed by atoms with van der Waals surface area (Å²) < 4.78 is 1.63. The molecule has 0 aliphatic carbocycles. The van der Waals surface area contributed by atoms with Crippen molar-refractivity contribution in [3.05, 3.63) is 24.0 Å². The third-order valence-corrected chi connectivity index (χ3v) is 2.37. The Morgan fingerprint density at radius 1 is 1.44 bits per heavy atom. The largest absolute Gasteiger partial charge is 0.392 e. The fourth-order valence-electron chi connectivity index (χ4n) is 1.47. The van der Waals surface area contributed by atoms with Gasteiger partial charge in [-0.2, -0.15) is 15.0 Å². The van der Waals surface area contributed by atoms with E-state index in [0.29, 0.717) is 18.4 Å². The molecule has 7 nitrogen and oxygen atoms in total. The predicted octanol–water partition coefficient (Wildman–Crippen LogP) is 0.528. The molecule has 1 atom stereocenters. The first-order valence-electron chi connectivity index (χ1n) is 5.35. The minimum absolute atomic E-state index is 0.0983. The summed E-state index contributed by atoms with van der Waals surface area (Å²) in [4.78, 5) is 17.9. The molecule has 0 aromatic carbocycles. The van der Waals surface area contributed by atoms with Gasteiger partial charge in [-0.25, -0.2) is 4.98 Å². The number of hydrogen-bond donors (Lipinski definition) is 1. The first-order chi connectivity index (χ1) is 8.56. The predicted molar refractivity (Wildman–Crippen MR) is 66.9 cm³/mol. The number of anilines is 1. The van der Waals surface area contributed by atoms with Crippen molar-refractivity contribution >= 4 is 17.5 Å². The van der Waals surface area contributed by atoms with E-state index in [9.17, 15) is 5.11 Å². The summed E-state index contributed by atoms with van der Waals surface area (Å²) >= 11 is 5.86. The van der Waals surface area contributed by atoms with E-state index in [2.05, 4.69) is 19.9 Å². The lowest BCUT2D eigenvalue weighted by Crippen LogP contribution is -2.29. The van der Waals surface area contributed by atoms with Crippen LogP contribution in [0, 0.1) is 0 Å². The van der Waals surface area contributed by atoms with Gasteiger partial charge in [0.05, 0.1) is 6.10 Å².